The maximum Gasteiger partial charge on any atom is 0.0708 e. The topological polar surface area (TPSA) is 24.9 Å². The molecule has 4 rings (SSSR count). The molecule has 98 valence electrons. The lowest BCUT2D eigenvalue weighted by atomic mass is 9.97. The van der Waals surface area contributed by atoms with Crippen molar-refractivity contribution in [2.75, 3.05) is 6.54 Å². The molecule has 1 aliphatic rings. The minimum absolute atomic E-state index is 0.308. The Morgan fingerprint density at radius 2 is 2.05 bits per heavy atom. The van der Waals surface area contributed by atoms with Crippen molar-refractivity contribution in [3.8, 4) is 0 Å². The molecule has 2 nitrogen and oxygen atoms in total. The highest BCUT2D eigenvalue weighted by Crippen LogP contribution is 2.30. The molecule has 1 atom stereocenters. The highest BCUT2D eigenvalue weighted by Gasteiger charge is 2.14. The quantitative estimate of drug-likeness (QED) is 0.530. The average Bonchev–Trinajstić information content (AvgIpc) is 3.00. The summed E-state index contributed by atoms with van der Waals surface area (Å²) in [6, 6.07) is 13.3. The predicted octanol–water partition coefficient (Wildman–Crippen LogP) is 3.90. The molecule has 1 unspecified atom stereocenters. The molecule has 0 bridgehead atoms. The van der Waals surface area contributed by atoms with Gasteiger partial charge in [-0.25, -0.2) is 0 Å². The molecule has 0 fully saturated rings. The molecule has 2 heteroatoms. The Balaban J connectivity index is 2.06. The maximum absolute atomic E-state index is 4.63. The molecule has 0 saturated carbocycles. The van der Waals surface area contributed by atoms with Gasteiger partial charge in [0, 0.05) is 23.5 Å². The third-order valence-electron chi connectivity index (χ3n) is 4.03. The Labute approximate surface area is 118 Å². The number of nitrogens with zero attached hydrogens (tertiary/aromatic N) is 1. The molecule has 1 N–H and O–H groups in total. The summed E-state index contributed by atoms with van der Waals surface area (Å²) in [5, 5.41) is 7.26. The standard InChI is InChI=1S/C18H16N2/c1-12-7-8-18-15(10-12)13-4-2-5-14(16(13)11-20-18)17-6-3-9-19-17/h2-8,10-11,17,19H,9H2,1H3. The second-order valence-corrected chi connectivity index (χ2v) is 5.40. The van der Waals surface area contributed by atoms with E-state index in [-0.39, 0.29) is 0 Å². The number of fused-ring (bicyclic) bond motifs is 3. The molecule has 20 heavy (non-hydrogen) atoms. The van der Waals surface area contributed by atoms with Crippen molar-refractivity contribution in [3.05, 3.63) is 65.9 Å². The number of hydrogen-bond acceptors (Lipinski definition) is 2. The van der Waals surface area contributed by atoms with Gasteiger partial charge in [0.15, 0.2) is 0 Å². The third kappa shape index (κ3) is 1.73. The monoisotopic (exact) mass is 260 g/mol. The number of pyridine rings is 1. The largest absolute Gasteiger partial charge is 0.303 e. The first-order valence-electron chi connectivity index (χ1n) is 7.01. The van der Waals surface area contributed by atoms with Crippen molar-refractivity contribution in [2.45, 2.75) is 13.0 Å². The SMILES string of the molecule is Cc1ccc2ncc3c(C4C=CCN4)cccc3c2c1. The fourth-order valence-electron chi connectivity index (χ4n) is 3.03. The zero-order valence-electron chi connectivity index (χ0n) is 11.4. The fraction of sp³-hybridized carbons (Fsp3) is 0.167. The minimum atomic E-state index is 0.308. The molecule has 0 spiro atoms. The Morgan fingerprint density at radius 3 is 2.90 bits per heavy atom. The van der Waals surface area contributed by atoms with Crippen LogP contribution in [0.2, 0.25) is 0 Å². The van der Waals surface area contributed by atoms with E-state index in [1.165, 1.54) is 27.3 Å². The van der Waals surface area contributed by atoms with Crippen molar-refractivity contribution >= 4 is 21.7 Å². The van der Waals surface area contributed by atoms with Crippen molar-refractivity contribution in [1.82, 2.24) is 10.3 Å². The van der Waals surface area contributed by atoms with Gasteiger partial charge in [0.1, 0.15) is 0 Å². The van der Waals surface area contributed by atoms with Gasteiger partial charge in [-0.1, -0.05) is 42.0 Å². The zero-order chi connectivity index (χ0) is 13.5. The molecule has 0 amide bonds. The number of hydrogen-bond donors (Lipinski definition) is 1. The van der Waals surface area contributed by atoms with Gasteiger partial charge in [0.2, 0.25) is 0 Å². The first-order valence-corrected chi connectivity index (χ1v) is 7.01. The van der Waals surface area contributed by atoms with Gasteiger partial charge in [-0.05, 0) is 30.0 Å². The third-order valence-corrected chi connectivity index (χ3v) is 4.03. The lowest BCUT2D eigenvalue weighted by molar-refractivity contribution is 0.718. The van der Waals surface area contributed by atoms with E-state index in [0.29, 0.717) is 6.04 Å². The smallest absolute Gasteiger partial charge is 0.0708 e. The Kier molecular flexibility index (Phi) is 2.57. The van der Waals surface area contributed by atoms with Gasteiger partial charge in [-0.2, -0.15) is 0 Å². The van der Waals surface area contributed by atoms with Crippen LogP contribution in [0.25, 0.3) is 21.7 Å². The summed E-state index contributed by atoms with van der Waals surface area (Å²) in [6.45, 7) is 3.07. The summed E-state index contributed by atoms with van der Waals surface area (Å²) >= 11 is 0. The molecule has 0 radical (unpaired) electrons. The maximum atomic E-state index is 4.63. The van der Waals surface area contributed by atoms with Crippen LogP contribution in [0.1, 0.15) is 17.2 Å². The Bertz CT molecular complexity index is 833. The zero-order valence-corrected chi connectivity index (χ0v) is 11.4. The van der Waals surface area contributed by atoms with E-state index < -0.39 is 0 Å². The van der Waals surface area contributed by atoms with Crippen molar-refractivity contribution in [3.63, 3.8) is 0 Å². The van der Waals surface area contributed by atoms with E-state index in [0.717, 1.165) is 12.1 Å². The average molecular weight is 260 g/mol. The highest BCUT2D eigenvalue weighted by atomic mass is 14.9. The van der Waals surface area contributed by atoms with Crippen molar-refractivity contribution < 1.29 is 0 Å². The van der Waals surface area contributed by atoms with Crippen LogP contribution in [0.5, 0.6) is 0 Å². The number of benzene rings is 2. The molecule has 0 saturated heterocycles. The molecule has 1 aliphatic heterocycles. The van der Waals surface area contributed by atoms with Gasteiger partial charge < -0.3 is 5.32 Å². The summed E-state index contributed by atoms with van der Waals surface area (Å²) in [6.07, 6.45) is 6.42. The summed E-state index contributed by atoms with van der Waals surface area (Å²) in [5.41, 5.74) is 3.65. The molecule has 0 aliphatic carbocycles. The number of rotatable bonds is 1. The van der Waals surface area contributed by atoms with Gasteiger partial charge in [-0.15, -0.1) is 0 Å². The fourth-order valence-corrected chi connectivity index (χ4v) is 3.03. The van der Waals surface area contributed by atoms with Crippen LogP contribution in [0, 0.1) is 6.92 Å². The summed E-state index contributed by atoms with van der Waals surface area (Å²) in [4.78, 5) is 4.63. The number of nitrogens with one attached hydrogen (secondary N) is 1. The van der Waals surface area contributed by atoms with Crippen LogP contribution < -0.4 is 5.32 Å². The van der Waals surface area contributed by atoms with E-state index in [4.69, 9.17) is 0 Å². The highest BCUT2D eigenvalue weighted by molar-refractivity contribution is 6.06. The first kappa shape index (κ1) is 11.6. The van der Waals surface area contributed by atoms with Gasteiger partial charge in [0.05, 0.1) is 11.6 Å². The van der Waals surface area contributed by atoms with Gasteiger partial charge in [0.25, 0.3) is 0 Å². The Hall–Kier alpha value is -2.19. The summed E-state index contributed by atoms with van der Waals surface area (Å²) < 4.78 is 0. The van der Waals surface area contributed by atoms with E-state index in [9.17, 15) is 0 Å². The van der Waals surface area contributed by atoms with Crippen molar-refractivity contribution in [1.29, 1.82) is 0 Å². The van der Waals surface area contributed by atoms with Crippen molar-refractivity contribution in [2.24, 2.45) is 0 Å². The second-order valence-electron chi connectivity index (χ2n) is 5.40. The van der Waals surface area contributed by atoms with E-state index >= 15 is 0 Å². The lowest BCUT2D eigenvalue weighted by Gasteiger charge is -2.14. The van der Waals surface area contributed by atoms with E-state index in [2.05, 4.69) is 65.8 Å². The normalized spacial score (nSPS) is 18.1. The first-order chi connectivity index (χ1) is 9.83. The van der Waals surface area contributed by atoms with E-state index in [1.54, 1.807) is 0 Å². The second kappa shape index (κ2) is 4.43. The van der Waals surface area contributed by atoms with Crippen LogP contribution in [0.3, 0.4) is 0 Å². The van der Waals surface area contributed by atoms with E-state index in [1.807, 2.05) is 6.20 Å². The number of aromatic nitrogens is 1. The summed E-state index contributed by atoms with van der Waals surface area (Å²) in [5.74, 6) is 0. The van der Waals surface area contributed by atoms with Crippen LogP contribution in [-0.2, 0) is 0 Å². The van der Waals surface area contributed by atoms with Crippen LogP contribution in [-0.4, -0.2) is 11.5 Å². The predicted molar refractivity (Wildman–Crippen MR) is 83.9 cm³/mol. The van der Waals surface area contributed by atoms with Crippen LogP contribution in [0.15, 0.2) is 54.7 Å². The Morgan fingerprint density at radius 1 is 1.10 bits per heavy atom. The molecule has 2 heterocycles. The molecular formula is C18H16N2. The molecular weight excluding hydrogens is 244 g/mol. The van der Waals surface area contributed by atoms with Gasteiger partial charge >= 0.3 is 0 Å². The number of aryl methyl sites for hydroxylation is 1. The molecule has 3 aromatic rings. The molecule has 2 aromatic carbocycles. The lowest BCUT2D eigenvalue weighted by Crippen LogP contribution is -2.14. The molecule has 1 aromatic heterocycles. The minimum Gasteiger partial charge on any atom is -0.303 e. The summed E-state index contributed by atoms with van der Waals surface area (Å²) in [7, 11) is 0. The van der Waals surface area contributed by atoms with Gasteiger partial charge in [-0.3, -0.25) is 4.98 Å². The van der Waals surface area contributed by atoms with Crippen LogP contribution in [0.4, 0.5) is 0 Å². The van der Waals surface area contributed by atoms with Crippen LogP contribution >= 0.6 is 0 Å².